The molecule has 2 rings (SSSR count). The number of benzene rings is 2. The van der Waals surface area contributed by atoms with Crippen molar-refractivity contribution in [3.05, 3.63) is 58.6 Å². The lowest BCUT2D eigenvalue weighted by Crippen LogP contribution is -2.23. The fraction of sp³-hybridized carbons (Fsp3) is 0.278. The minimum absolute atomic E-state index is 0.0245. The van der Waals surface area contributed by atoms with Gasteiger partial charge in [0.05, 0.1) is 5.02 Å². The van der Waals surface area contributed by atoms with Gasteiger partial charge in [-0.2, -0.15) is 0 Å². The summed E-state index contributed by atoms with van der Waals surface area (Å²) in [6.45, 7) is 5.76. The van der Waals surface area contributed by atoms with Gasteiger partial charge >= 0.3 is 0 Å². The first kappa shape index (κ1) is 19.4. The molecule has 0 aliphatic rings. The van der Waals surface area contributed by atoms with Gasteiger partial charge in [0.2, 0.25) is 10.0 Å². The van der Waals surface area contributed by atoms with E-state index in [2.05, 4.69) is 5.32 Å². The number of nitrogens with one attached hydrogen (secondary N) is 1. The maximum absolute atomic E-state index is 12.8. The van der Waals surface area contributed by atoms with E-state index in [1.165, 1.54) is 12.1 Å². The third kappa shape index (κ3) is 4.81. The van der Waals surface area contributed by atoms with E-state index >= 15 is 0 Å². The second-order valence-electron chi connectivity index (χ2n) is 6.79. The van der Waals surface area contributed by atoms with Crippen LogP contribution in [0.2, 0.25) is 5.02 Å². The lowest BCUT2D eigenvalue weighted by Gasteiger charge is -2.21. The maximum Gasteiger partial charge on any atom is 0.239 e. The van der Waals surface area contributed by atoms with Crippen molar-refractivity contribution in [2.45, 2.75) is 32.2 Å². The highest BCUT2D eigenvalue weighted by atomic mass is 35.5. The van der Waals surface area contributed by atoms with Gasteiger partial charge in [-0.05, 0) is 17.7 Å². The predicted molar refractivity (Wildman–Crippen MR) is 100 cm³/mol. The molecule has 2 aromatic rings. The number of carbonyl (C=O) groups is 1. The van der Waals surface area contributed by atoms with E-state index in [1.807, 2.05) is 30.3 Å². The fourth-order valence-corrected chi connectivity index (χ4v) is 3.40. The number of hydrogen-bond donors (Lipinski definition) is 2. The smallest absolute Gasteiger partial charge is 0.239 e. The molecule has 0 radical (unpaired) electrons. The van der Waals surface area contributed by atoms with Gasteiger partial charge < -0.3 is 5.32 Å². The average Bonchev–Trinajstić information content (AvgIpc) is 2.51. The molecule has 0 aliphatic heterocycles. The number of halogens is 1. The van der Waals surface area contributed by atoms with Crippen LogP contribution < -0.4 is 10.5 Å². The Hall–Kier alpha value is -1.89. The molecule has 0 amide bonds. The van der Waals surface area contributed by atoms with Crippen LogP contribution >= 0.6 is 11.6 Å². The molecular formula is C18H21ClN2O3S. The molecule has 0 aliphatic carbocycles. The highest BCUT2D eigenvalue weighted by molar-refractivity contribution is 7.89. The number of sulfonamides is 1. The van der Waals surface area contributed by atoms with Crippen LogP contribution in [0.3, 0.4) is 0 Å². The van der Waals surface area contributed by atoms with Crippen LogP contribution in [0.15, 0.2) is 47.4 Å². The Balaban J connectivity index is 2.50. The third-order valence-electron chi connectivity index (χ3n) is 3.63. The van der Waals surface area contributed by atoms with E-state index in [1.54, 1.807) is 20.8 Å². The number of rotatable bonds is 5. The lowest BCUT2D eigenvalue weighted by atomic mass is 9.86. The first-order chi connectivity index (χ1) is 11.5. The monoisotopic (exact) mass is 380 g/mol. The Morgan fingerprint density at radius 2 is 1.76 bits per heavy atom. The quantitative estimate of drug-likeness (QED) is 0.771. The molecule has 5 nitrogen and oxygen atoms in total. The highest BCUT2D eigenvalue weighted by Gasteiger charge is 2.28. The molecule has 0 unspecified atom stereocenters. The Morgan fingerprint density at radius 3 is 2.28 bits per heavy atom. The summed E-state index contributed by atoms with van der Waals surface area (Å²) in [6.07, 6.45) is 0. The van der Waals surface area contributed by atoms with Crippen molar-refractivity contribution in [3.63, 3.8) is 0 Å². The Labute approximate surface area is 153 Å². The molecule has 25 heavy (non-hydrogen) atoms. The van der Waals surface area contributed by atoms with Crippen LogP contribution in [0.25, 0.3) is 0 Å². The summed E-state index contributed by atoms with van der Waals surface area (Å²) in [5.41, 5.74) is 1.05. The normalized spacial score (nSPS) is 12.0. The minimum atomic E-state index is -4.03. The zero-order chi connectivity index (χ0) is 18.8. The zero-order valence-electron chi connectivity index (χ0n) is 14.3. The Bertz CT molecular complexity index is 889. The van der Waals surface area contributed by atoms with E-state index in [4.69, 9.17) is 16.7 Å². The van der Waals surface area contributed by atoms with Gasteiger partial charge in [0.1, 0.15) is 4.90 Å². The molecule has 3 N–H and O–H groups in total. The molecular weight excluding hydrogens is 360 g/mol. The number of nitrogens with two attached hydrogens (primary N) is 1. The molecule has 134 valence electrons. The van der Waals surface area contributed by atoms with Crippen molar-refractivity contribution in [1.29, 1.82) is 0 Å². The number of primary sulfonamides is 1. The van der Waals surface area contributed by atoms with Crippen molar-refractivity contribution >= 4 is 33.1 Å². The summed E-state index contributed by atoms with van der Waals surface area (Å²) in [7, 11) is -4.03. The van der Waals surface area contributed by atoms with Crippen molar-refractivity contribution in [2.75, 3.05) is 5.32 Å². The minimum Gasteiger partial charge on any atom is -0.380 e. The summed E-state index contributed by atoms with van der Waals surface area (Å²) in [5.74, 6) is -0.204. The number of carbonyl (C=O) groups excluding carboxylic acids is 1. The third-order valence-corrected chi connectivity index (χ3v) is 5.01. The van der Waals surface area contributed by atoms with Gasteiger partial charge in [-0.15, -0.1) is 0 Å². The fourth-order valence-electron chi connectivity index (χ4n) is 2.30. The van der Waals surface area contributed by atoms with Crippen LogP contribution in [0, 0.1) is 5.41 Å². The molecule has 0 fully saturated rings. The summed E-state index contributed by atoms with van der Waals surface area (Å²) in [4.78, 5) is 12.5. The van der Waals surface area contributed by atoms with E-state index in [0.29, 0.717) is 12.2 Å². The largest absolute Gasteiger partial charge is 0.380 e. The lowest BCUT2D eigenvalue weighted by molar-refractivity contribution is 0.0859. The SMILES string of the molecule is CC(C)(C)C(=O)c1cc(S(N)(=O)=O)c(Cl)cc1NCc1ccccc1. The first-order valence-corrected chi connectivity index (χ1v) is 9.61. The predicted octanol–water partition coefficient (Wildman–Crippen LogP) is 3.83. The number of ketones is 1. The van der Waals surface area contributed by atoms with E-state index in [-0.39, 0.29) is 21.3 Å². The molecule has 0 saturated carbocycles. The van der Waals surface area contributed by atoms with Gasteiger partial charge in [-0.3, -0.25) is 4.79 Å². The van der Waals surface area contributed by atoms with Crippen molar-refractivity contribution in [3.8, 4) is 0 Å². The van der Waals surface area contributed by atoms with Gasteiger partial charge in [-0.1, -0.05) is 62.7 Å². The molecule has 0 aromatic heterocycles. The molecule has 0 saturated heterocycles. The average molecular weight is 381 g/mol. The van der Waals surface area contributed by atoms with E-state index in [0.717, 1.165) is 5.56 Å². The summed E-state index contributed by atoms with van der Waals surface area (Å²) < 4.78 is 23.5. The van der Waals surface area contributed by atoms with Crippen molar-refractivity contribution in [2.24, 2.45) is 10.6 Å². The number of anilines is 1. The van der Waals surface area contributed by atoms with Gasteiger partial charge in [0.15, 0.2) is 5.78 Å². The summed E-state index contributed by atoms with van der Waals surface area (Å²) in [5, 5.41) is 8.34. The molecule has 0 bridgehead atoms. The summed E-state index contributed by atoms with van der Waals surface area (Å²) >= 11 is 6.08. The van der Waals surface area contributed by atoms with Crippen molar-refractivity contribution in [1.82, 2.24) is 0 Å². The number of Topliss-reactive ketones (excluding diaryl/α,β-unsaturated/α-hetero) is 1. The van der Waals surface area contributed by atoms with Crippen molar-refractivity contribution < 1.29 is 13.2 Å². The second kappa shape index (κ2) is 7.15. The molecule has 0 heterocycles. The second-order valence-corrected chi connectivity index (χ2v) is 8.73. The van der Waals surface area contributed by atoms with Gasteiger partial charge in [0, 0.05) is 23.2 Å². The van der Waals surface area contributed by atoms with Crippen LogP contribution in [-0.2, 0) is 16.6 Å². The van der Waals surface area contributed by atoms with Crippen LogP contribution in [0.4, 0.5) is 5.69 Å². The first-order valence-electron chi connectivity index (χ1n) is 7.69. The van der Waals surface area contributed by atoms with Gasteiger partial charge in [0.25, 0.3) is 0 Å². The molecule has 2 aromatic carbocycles. The zero-order valence-corrected chi connectivity index (χ0v) is 15.9. The Morgan fingerprint density at radius 1 is 1.16 bits per heavy atom. The molecule has 0 atom stereocenters. The topological polar surface area (TPSA) is 89.3 Å². The highest BCUT2D eigenvalue weighted by Crippen LogP contribution is 2.32. The molecule has 0 spiro atoms. The van der Waals surface area contributed by atoms with Crippen LogP contribution in [0.5, 0.6) is 0 Å². The Kier molecular flexibility index (Phi) is 5.56. The maximum atomic E-state index is 12.8. The van der Waals surface area contributed by atoms with Crippen LogP contribution in [0.1, 0.15) is 36.7 Å². The van der Waals surface area contributed by atoms with E-state index in [9.17, 15) is 13.2 Å². The van der Waals surface area contributed by atoms with Gasteiger partial charge in [-0.25, -0.2) is 13.6 Å². The molecule has 7 heteroatoms. The number of hydrogen-bond acceptors (Lipinski definition) is 4. The standard InChI is InChI=1S/C18H21ClN2O3S/c1-18(2,3)17(22)13-9-16(25(20,23)24)14(19)10-15(13)21-11-12-7-5-4-6-8-12/h4-10,21H,11H2,1-3H3,(H2,20,23,24). The van der Waals surface area contributed by atoms with Crippen LogP contribution in [-0.4, -0.2) is 14.2 Å². The van der Waals surface area contributed by atoms with E-state index < -0.39 is 15.4 Å². The summed E-state index contributed by atoms with van der Waals surface area (Å²) in [6, 6.07) is 12.3.